The number of aryl methyl sites for hydroxylation is 2. The number of hydrogen-bond acceptors (Lipinski definition) is 5. The summed E-state index contributed by atoms with van der Waals surface area (Å²) in [6, 6.07) is 22.1. The minimum absolute atomic E-state index is 0.104. The van der Waals surface area contributed by atoms with Gasteiger partial charge in [0, 0.05) is 29.1 Å². The Bertz CT molecular complexity index is 1610. The maximum Gasteiger partial charge on any atom is 0.325 e. The maximum atomic E-state index is 13.8. The lowest BCUT2D eigenvalue weighted by atomic mass is 9.90. The highest BCUT2D eigenvalue weighted by Crippen LogP contribution is 2.43. The van der Waals surface area contributed by atoms with Gasteiger partial charge in [0.15, 0.2) is 0 Å². The molecule has 38 heavy (non-hydrogen) atoms. The number of carbonyl (C=O) groups is 1. The van der Waals surface area contributed by atoms with E-state index in [1.807, 2.05) is 66.6 Å². The Labute approximate surface area is 224 Å². The molecule has 1 aliphatic rings. The summed E-state index contributed by atoms with van der Waals surface area (Å²) >= 11 is 1.48. The summed E-state index contributed by atoms with van der Waals surface area (Å²) in [4.78, 5) is 22.1. The van der Waals surface area contributed by atoms with Crippen molar-refractivity contribution in [1.82, 2.24) is 15.0 Å². The molecule has 0 saturated carbocycles. The first-order chi connectivity index (χ1) is 18.4. The molecule has 1 unspecified atom stereocenters. The summed E-state index contributed by atoms with van der Waals surface area (Å²) in [7, 11) is 1.80. The first-order valence-corrected chi connectivity index (χ1v) is 13.2. The molecule has 0 bridgehead atoms. The molecule has 0 N–H and O–H groups in total. The van der Waals surface area contributed by atoms with Crippen LogP contribution in [0.15, 0.2) is 82.7 Å². The minimum atomic E-state index is -0.314. The van der Waals surface area contributed by atoms with E-state index in [1.165, 1.54) is 23.5 Å². The zero-order chi connectivity index (χ0) is 26.4. The fourth-order valence-electron chi connectivity index (χ4n) is 5.14. The van der Waals surface area contributed by atoms with Crippen LogP contribution >= 0.6 is 11.3 Å². The number of amides is 2. The molecular weight excluding hydrogens is 499 g/mol. The Hall–Kier alpha value is -4.30. The standard InChI is InChI=1S/C30H25FN4O2S/c1-18-27(19(2)37-33-18)22-11-14-26-25(15-22)28(20-7-5-4-6-8-20)35(30(36)34(26)3)16-24-17-38-29(32-24)21-9-12-23(31)13-10-21/h4-15,17,28H,16H2,1-3H3. The van der Waals surface area contributed by atoms with Crippen molar-refractivity contribution >= 4 is 23.1 Å². The van der Waals surface area contributed by atoms with Gasteiger partial charge in [0.2, 0.25) is 0 Å². The molecule has 0 aliphatic carbocycles. The molecule has 1 aliphatic heterocycles. The Morgan fingerprint density at radius 1 is 1.00 bits per heavy atom. The number of thiazole rings is 1. The van der Waals surface area contributed by atoms with E-state index in [4.69, 9.17) is 9.51 Å². The number of nitrogens with zero attached hydrogens (tertiary/aromatic N) is 4. The fourth-order valence-corrected chi connectivity index (χ4v) is 5.95. The lowest BCUT2D eigenvalue weighted by molar-refractivity contribution is 0.183. The second kappa shape index (κ2) is 9.54. The van der Waals surface area contributed by atoms with Gasteiger partial charge in [-0.15, -0.1) is 11.3 Å². The van der Waals surface area contributed by atoms with Crippen LogP contribution < -0.4 is 4.90 Å². The van der Waals surface area contributed by atoms with E-state index >= 15 is 0 Å². The van der Waals surface area contributed by atoms with Crippen molar-refractivity contribution in [2.24, 2.45) is 0 Å². The van der Waals surface area contributed by atoms with Crippen molar-refractivity contribution in [3.63, 3.8) is 0 Å². The number of hydrogen-bond donors (Lipinski definition) is 0. The molecule has 0 radical (unpaired) electrons. The van der Waals surface area contributed by atoms with Crippen molar-refractivity contribution < 1.29 is 13.7 Å². The molecule has 190 valence electrons. The Kier molecular flexibility index (Phi) is 6.04. The molecule has 0 spiro atoms. The van der Waals surface area contributed by atoms with E-state index in [1.54, 1.807) is 24.1 Å². The smallest absolute Gasteiger partial charge is 0.325 e. The minimum Gasteiger partial charge on any atom is -0.361 e. The molecule has 3 aromatic carbocycles. The van der Waals surface area contributed by atoms with E-state index in [-0.39, 0.29) is 17.9 Å². The topological polar surface area (TPSA) is 62.5 Å². The molecule has 0 saturated heterocycles. The first-order valence-electron chi connectivity index (χ1n) is 12.3. The van der Waals surface area contributed by atoms with Crippen LogP contribution in [0.25, 0.3) is 21.7 Å². The van der Waals surface area contributed by atoms with Crippen molar-refractivity contribution in [2.45, 2.75) is 26.4 Å². The monoisotopic (exact) mass is 524 g/mol. The van der Waals surface area contributed by atoms with Gasteiger partial charge in [-0.1, -0.05) is 41.6 Å². The molecule has 0 fully saturated rings. The van der Waals surface area contributed by atoms with Gasteiger partial charge in [-0.3, -0.25) is 4.90 Å². The molecule has 1 atom stereocenters. The predicted molar refractivity (Wildman–Crippen MR) is 147 cm³/mol. The van der Waals surface area contributed by atoms with Crippen LogP contribution in [0.1, 0.15) is 34.3 Å². The van der Waals surface area contributed by atoms with Crippen molar-refractivity contribution in [3.8, 4) is 21.7 Å². The molecule has 8 heteroatoms. The lowest BCUT2D eigenvalue weighted by Gasteiger charge is -2.41. The molecule has 2 aromatic heterocycles. The quantitative estimate of drug-likeness (QED) is 0.241. The molecular formula is C30H25FN4O2S. The van der Waals surface area contributed by atoms with Crippen molar-refractivity contribution in [1.29, 1.82) is 0 Å². The summed E-state index contributed by atoms with van der Waals surface area (Å²) in [5.41, 5.74) is 7.31. The number of benzene rings is 3. The Morgan fingerprint density at radius 2 is 1.74 bits per heavy atom. The fraction of sp³-hybridized carbons (Fsp3) is 0.167. The third kappa shape index (κ3) is 4.16. The van der Waals surface area contributed by atoms with Gasteiger partial charge in [0.25, 0.3) is 0 Å². The molecule has 3 heterocycles. The van der Waals surface area contributed by atoms with Gasteiger partial charge >= 0.3 is 6.03 Å². The SMILES string of the molecule is Cc1noc(C)c1-c1ccc2c(c1)C(c1ccccc1)N(Cc1csc(-c3ccc(F)cc3)n1)C(=O)N2C. The zero-order valence-electron chi connectivity index (χ0n) is 21.2. The highest BCUT2D eigenvalue weighted by atomic mass is 32.1. The Morgan fingerprint density at radius 3 is 2.45 bits per heavy atom. The van der Waals surface area contributed by atoms with E-state index in [0.717, 1.165) is 55.7 Å². The van der Waals surface area contributed by atoms with Gasteiger partial charge in [-0.05, 0) is 61.4 Å². The van der Waals surface area contributed by atoms with E-state index in [0.29, 0.717) is 6.54 Å². The van der Waals surface area contributed by atoms with Crippen LogP contribution in [0.5, 0.6) is 0 Å². The highest BCUT2D eigenvalue weighted by molar-refractivity contribution is 7.13. The third-order valence-electron chi connectivity index (χ3n) is 6.94. The lowest BCUT2D eigenvalue weighted by Crippen LogP contribution is -2.47. The number of aromatic nitrogens is 2. The predicted octanol–water partition coefficient (Wildman–Crippen LogP) is 7.38. The second-order valence-electron chi connectivity index (χ2n) is 9.41. The number of urea groups is 1. The third-order valence-corrected chi connectivity index (χ3v) is 7.88. The summed E-state index contributed by atoms with van der Waals surface area (Å²) in [6.45, 7) is 4.17. The van der Waals surface area contributed by atoms with Crippen LogP contribution in [0.4, 0.5) is 14.9 Å². The van der Waals surface area contributed by atoms with Gasteiger partial charge in [-0.25, -0.2) is 14.2 Å². The van der Waals surface area contributed by atoms with Gasteiger partial charge in [-0.2, -0.15) is 0 Å². The second-order valence-corrected chi connectivity index (χ2v) is 10.3. The van der Waals surface area contributed by atoms with Crippen molar-refractivity contribution in [2.75, 3.05) is 11.9 Å². The molecule has 2 amide bonds. The van der Waals surface area contributed by atoms with Gasteiger partial charge in [0.1, 0.15) is 16.6 Å². The van der Waals surface area contributed by atoms with Crippen LogP contribution in [0.2, 0.25) is 0 Å². The van der Waals surface area contributed by atoms with Gasteiger partial charge < -0.3 is 9.42 Å². The maximum absolute atomic E-state index is 13.8. The first kappa shape index (κ1) is 24.1. The summed E-state index contributed by atoms with van der Waals surface area (Å²) in [5.74, 6) is 0.472. The molecule has 5 aromatic rings. The zero-order valence-corrected chi connectivity index (χ0v) is 22.0. The number of halogens is 1. The average Bonchev–Trinajstić information content (AvgIpc) is 3.53. The van der Waals surface area contributed by atoms with E-state index in [9.17, 15) is 9.18 Å². The van der Waals surface area contributed by atoms with Crippen LogP contribution in [0.3, 0.4) is 0 Å². The van der Waals surface area contributed by atoms with Crippen molar-refractivity contribution in [3.05, 3.63) is 112 Å². The van der Waals surface area contributed by atoms with E-state index < -0.39 is 0 Å². The molecule has 6 rings (SSSR count). The largest absolute Gasteiger partial charge is 0.361 e. The summed E-state index contributed by atoms with van der Waals surface area (Å²) in [6.07, 6.45) is 0. The van der Waals surface area contributed by atoms with E-state index in [2.05, 4.69) is 11.2 Å². The van der Waals surface area contributed by atoms with Crippen LogP contribution in [-0.2, 0) is 6.54 Å². The summed E-state index contributed by atoms with van der Waals surface area (Å²) < 4.78 is 18.8. The molecule has 6 nitrogen and oxygen atoms in total. The van der Waals surface area contributed by atoms with Crippen LogP contribution in [0, 0.1) is 19.7 Å². The summed E-state index contributed by atoms with van der Waals surface area (Å²) in [5, 5.41) is 6.88. The number of anilines is 1. The van der Waals surface area contributed by atoms with Crippen LogP contribution in [-0.4, -0.2) is 28.1 Å². The highest BCUT2D eigenvalue weighted by Gasteiger charge is 2.37. The number of rotatable bonds is 5. The van der Waals surface area contributed by atoms with Gasteiger partial charge in [0.05, 0.1) is 29.7 Å². The number of fused-ring (bicyclic) bond motifs is 1. The number of carbonyl (C=O) groups excluding carboxylic acids is 1. The Balaban J connectivity index is 1.44. The average molecular weight is 525 g/mol. The normalized spacial score (nSPS) is 15.2.